The van der Waals surface area contributed by atoms with E-state index in [-0.39, 0.29) is 23.3 Å². The minimum atomic E-state index is -5.08. The van der Waals surface area contributed by atoms with Gasteiger partial charge in [-0.25, -0.2) is 4.79 Å². The van der Waals surface area contributed by atoms with Gasteiger partial charge in [0.15, 0.2) is 0 Å². The minimum absolute atomic E-state index is 0.0993. The average molecular weight is 484 g/mol. The van der Waals surface area contributed by atoms with Crippen molar-refractivity contribution in [2.75, 3.05) is 31.5 Å². The second-order valence-corrected chi connectivity index (χ2v) is 9.79. The second-order valence-electron chi connectivity index (χ2n) is 9.79. The molecule has 1 aliphatic carbocycles. The fourth-order valence-corrected chi connectivity index (χ4v) is 4.53. The summed E-state index contributed by atoms with van der Waals surface area (Å²) in [6.45, 7) is 8.50. The number of halogens is 3. The average Bonchev–Trinajstić information content (AvgIpc) is 3.62. The topological polar surface area (TPSA) is 90.0 Å². The lowest BCUT2D eigenvalue weighted by atomic mass is 9.77. The summed E-state index contributed by atoms with van der Waals surface area (Å²) < 4.78 is 31.7. The van der Waals surface area contributed by atoms with Gasteiger partial charge in [0, 0.05) is 48.9 Å². The highest BCUT2D eigenvalue weighted by atomic mass is 19.4. The van der Waals surface area contributed by atoms with Gasteiger partial charge in [-0.05, 0) is 62.3 Å². The number of anilines is 1. The molecular formula is C24H32F3N3O4. The Bertz CT molecular complexity index is 900. The van der Waals surface area contributed by atoms with Gasteiger partial charge in [0.25, 0.3) is 5.91 Å². The quantitative estimate of drug-likeness (QED) is 0.661. The summed E-state index contributed by atoms with van der Waals surface area (Å²) >= 11 is 0. The van der Waals surface area contributed by atoms with Crippen LogP contribution >= 0.6 is 0 Å². The number of hydrogen-bond donors (Lipinski definition) is 2. The third-order valence-electron chi connectivity index (χ3n) is 6.54. The number of nitrogens with zero attached hydrogens (tertiary/aromatic N) is 2. The summed E-state index contributed by atoms with van der Waals surface area (Å²) in [4.78, 5) is 38.4. The Morgan fingerprint density at radius 3 is 2.21 bits per heavy atom. The van der Waals surface area contributed by atoms with Gasteiger partial charge in [0.1, 0.15) is 0 Å². The molecule has 188 valence electrons. The van der Waals surface area contributed by atoms with Crippen LogP contribution in [0, 0.1) is 11.8 Å². The van der Waals surface area contributed by atoms with E-state index in [1.54, 1.807) is 0 Å². The molecule has 3 fully saturated rings. The molecule has 10 heteroatoms. The minimum Gasteiger partial charge on any atom is -0.475 e. The number of hydrogen-bond acceptors (Lipinski definition) is 4. The van der Waals surface area contributed by atoms with E-state index in [4.69, 9.17) is 9.90 Å². The highest BCUT2D eigenvalue weighted by Gasteiger charge is 2.47. The molecule has 0 aromatic heterocycles. The van der Waals surface area contributed by atoms with Crippen LogP contribution in [0.5, 0.6) is 0 Å². The van der Waals surface area contributed by atoms with Gasteiger partial charge in [-0.15, -0.1) is 0 Å². The SMILES string of the molecule is CC(C)CN1CCC12CCCN(C(=O)c1ccc(NC(=O)C3CC3)cc1)C2.O=C(O)C(F)(F)F. The van der Waals surface area contributed by atoms with Crippen molar-refractivity contribution in [1.29, 1.82) is 0 Å². The van der Waals surface area contributed by atoms with Gasteiger partial charge in [0.2, 0.25) is 5.91 Å². The van der Waals surface area contributed by atoms with Crippen molar-refractivity contribution in [3.8, 4) is 0 Å². The van der Waals surface area contributed by atoms with E-state index in [0.29, 0.717) is 11.5 Å². The number of alkyl halides is 3. The molecule has 3 aliphatic rings. The maximum absolute atomic E-state index is 13.0. The Kier molecular flexibility index (Phi) is 7.90. The first-order valence-corrected chi connectivity index (χ1v) is 11.7. The molecule has 2 aliphatic heterocycles. The number of piperidine rings is 1. The number of rotatable bonds is 5. The smallest absolute Gasteiger partial charge is 0.475 e. The van der Waals surface area contributed by atoms with Gasteiger partial charge in [0.05, 0.1) is 0 Å². The van der Waals surface area contributed by atoms with Crippen molar-refractivity contribution < 1.29 is 32.7 Å². The van der Waals surface area contributed by atoms with E-state index in [1.165, 1.54) is 12.8 Å². The number of carboxylic acid groups (broad SMARTS) is 1. The third-order valence-corrected chi connectivity index (χ3v) is 6.54. The summed E-state index contributed by atoms with van der Waals surface area (Å²) in [5.74, 6) is -1.70. The molecule has 2 heterocycles. The van der Waals surface area contributed by atoms with Crippen LogP contribution in [0.1, 0.15) is 56.3 Å². The predicted molar refractivity (Wildman–Crippen MR) is 120 cm³/mol. The lowest BCUT2D eigenvalue weighted by Gasteiger charge is -2.57. The van der Waals surface area contributed by atoms with Crippen LogP contribution in [0.2, 0.25) is 0 Å². The van der Waals surface area contributed by atoms with Gasteiger partial charge in [-0.1, -0.05) is 13.8 Å². The first-order valence-electron chi connectivity index (χ1n) is 11.7. The molecule has 1 unspecified atom stereocenters. The Hall–Kier alpha value is -2.62. The second kappa shape index (κ2) is 10.3. The third kappa shape index (κ3) is 6.49. The Labute approximate surface area is 197 Å². The standard InChI is InChI=1S/C22H31N3O2.C2HF3O2/c1-16(2)14-25-13-11-22(25)10-3-12-24(15-22)21(27)18-6-8-19(9-7-18)23-20(26)17-4-5-17;3-2(4,5)1(6)7/h6-9,16-17H,3-5,10-15H2,1-2H3,(H,23,26);(H,6,7). The first kappa shape index (κ1) is 26.0. The molecule has 2 saturated heterocycles. The molecule has 2 N–H and O–H groups in total. The molecule has 1 aromatic rings. The van der Waals surface area contributed by atoms with E-state index in [0.717, 1.165) is 51.1 Å². The zero-order chi connectivity index (χ0) is 25.1. The molecule has 1 aromatic carbocycles. The van der Waals surface area contributed by atoms with Gasteiger partial charge in [-0.2, -0.15) is 13.2 Å². The predicted octanol–water partition coefficient (Wildman–Crippen LogP) is 4.00. The maximum atomic E-state index is 13.0. The lowest BCUT2D eigenvalue weighted by Crippen LogP contribution is -2.67. The molecule has 7 nitrogen and oxygen atoms in total. The maximum Gasteiger partial charge on any atom is 0.490 e. The highest BCUT2D eigenvalue weighted by Crippen LogP contribution is 2.39. The van der Waals surface area contributed by atoms with Crippen LogP contribution in [-0.2, 0) is 9.59 Å². The molecule has 34 heavy (non-hydrogen) atoms. The van der Waals surface area contributed by atoms with Gasteiger partial charge in [-0.3, -0.25) is 14.5 Å². The van der Waals surface area contributed by atoms with E-state index in [1.807, 2.05) is 29.2 Å². The fourth-order valence-electron chi connectivity index (χ4n) is 4.53. The Morgan fingerprint density at radius 1 is 1.12 bits per heavy atom. The highest BCUT2D eigenvalue weighted by molar-refractivity contribution is 5.97. The zero-order valence-corrected chi connectivity index (χ0v) is 19.5. The van der Waals surface area contributed by atoms with Crippen LogP contribution < -0.4 is 5.32 Å². The summed E-state index contributed by atoms with van der Waals surface area (Å²) in [6.07, 6.45) is 0.390. The van der Waals surface area contributed by atoms with E-state index in [2.05, 4.69) is 24.1 Å². The lowest BCUT2D eigenvalue weighted by molar-refractivity contribution is -0.192. The molecule has 1 spiro atoms. The van der Waals surface area contributed by atoms with Gasteiger partial charge < -0.3 is 15.3 Å². The first-order chi connectivity index (χ1) is 15.9. The normalized spacial score (nSPS) is 22.6. The van der Waals surface area contributed by atoms with Crippen LogP contribution in [0.25, 0.3) is 0 Å². The summed E-state index contributed by atoms with van der Waals surface area (Å²) in [7, 11) is 0. The summed E-state index contributed by atoms with van der Waals surface area (Å²) in [5.41, 5.74) is 1.70. The van der Waals surface area contributed by atoms with Crippen molar-refractivity contribution >= 4 is 23.5 Å². The number of carbonyl (C=O) groups excluding carboxylic acids is 2. The number of carboxylic acids is 1. The van der Waals surface area contributed by atoms with Crippen LogP contribution in [0.3, 0.4) is 0 Å². The number of amides is 2. The van der Waals surface area contributed by atoms with Crippen molar-refractivity contribution in [3.63, 3.8) is 0 Å². The monoisotopic (exact) mass is 483 g/mol. The molecule has 4 rings (SSSR count). The Morgan fingerprint density at radius 2 is 1.74 bits per heavy atom. The number of aliphatic carboxylic acids is 1. The Balaban J connectivity index is 0.000000406. The van der Waals surface area contributed by atoms with E-state index < -0.39 is 12.1 Å². The van der Waals surface area contributed by atoms with Crippen molar-refractivity contribution in [1.82, 2.24) is 9.80 Å². The molecule has 2 amide bonds. The van der Waals surface area contributed by atoms with Gasteiger partial charge >= 0.3 is 12.1 Å². The van der Waals surface area contributed by atoms with E-state index in [9.17, 15) is 22.8 Å². The van der Waals surface area contributed by atoms with Crippen LogP contribution in [0.4, 0.5) is 18.9 Å². The number of nitrogens with one attached hydrogen (secondary N) is 1. The molecule has 0 radical (unpaired) electrons. The molecule has 1 atom stereocenters. The van der Waals surface area contributed by atoms with Crippen molar-refractivity contribution in [3.05, 3.63) is 29.8 Å². The summed E-state index contributed by atoms with van der Waals surface area (Å²) in [6, 6.07) is 7.39. The fraction of sp³-hybridized carbons (Fsp3) is 0.625. The molecular weight excluding hydrogens is 451 g/mol. The number of benzene rings is 1. The van der Waals surface area contributed by atoms with Crippen LogP contribution in [0.15, 0.2) is 24.3 Å². The number of likely N-dealkylation sites (tertiary alicyclic amines) is 2. The number of carbonyl (C=O) groups is 3. The van der Waals surface area contributed by atoms with Crippen molar-refractivity contribution in [2.24, 2.45) is 11.8 Å². The van der Waals surface area contributed by atoms with E-state index >= 15 is 0 Å². The zero-order valence-electron chi connectivity index (χ0n) is 19.5. The van der Waals surface area contributed by atoms with Crippen molar-refractivity contribution in [2.45, 2.75) is 57.7 Å². The van der Waals surface area contributed by atoms with Crippen LogP contribution in [-0.4, -0.2) is 70.6 Å². The molecule has 0 bridgehead atoms. The molecule has 1 saturated carbocycles. The summed E-state index contributed by atoms with van der Waals surface area (Å²) in [5, 5.41) is 10.1. The largest absolute Gasteiger partial charge is 0.490 e.